The molecule has 20 heavy (non-hydrogen) atoms. The van der Waals surface area contributed by atoms with Crippen LogP contribution < -0.4 is 16.2 Å². The highest BCUT2D eigenvalue weighted by Crippen LogP contribution is 2.13. The normalized spacial score (nSPS) is 9.25. The van der Waals surface area contributed by atoms with Crippen molar-refractivity contribution in [3.05, 3.63) is 29.8 Å². The van der Waals surface area contributed by atoms with Gasteiger partial charge in [-0.15, -0.1) is 24.0 Å². The number of aliphatic imine (C=N–C) groups is 1. The minimum Gasteiger partial charge on any atom is -0.494 e. The summed E-state index contributed by atoms with van der Waals surface area (Å²) in [5.41, 5.74) is 11.5. The summed E-state index contributed by atoms with van der Waals surface area (Å²) in [6.45, 7) is 0.924. The van der Waals surface area contributed by atoms with E-state index in [0.717, 1.165) is 11.3 Å². The number of carbonyl (C=O) groups excluding carboxylic acids is 1. The SMILES string of the molecule is COC(=O)CCCOc1ccc(CN=C(N)N)cc1.I. The third kappa shape index (κ3) is 7.82. The Morgan fingerprint density at radius 1 is 1.25 bits per heavy atom. The molecule has 0 aliphatic heterocycles. The number of esters is 1. The Hall–Kier alpha value is -1.51. The number of guanidine groups is 1. The molecular formula is C13H20IN3O3. The number of hydrogen-bond acceptors (Lipinski definition) is 4. The molecule has 0 amide bonds. The highest BCUT2D eigenvalue weighted by Gasteiger charge is 2.00. The summed E-state index contributed by atoms with van der Waals surface area (Å²) >= 11 is 0. The van der Waals surface area contributed by atoms with Gasteiger partial charge in [0.15, 0.2) is 5.96 Å². The molecule has 112 valence electrons. The predicted octanol–water partition coefficient (Wildman–Crippen LogP) is 1.41. The Morgan fingerprint density at radius 2 is 1.90 bits per heavy atom. The summed E-state index contributed by atoms with van der Waals surface area (Å²) in [5, 5.41) is 0. The van der Waals surface area contributed by atoms with E-state index in [-0.39, 0.29) is 35.9 Å². The molecule has 0 heterocycles. The third-order valence-electron chi connectivity index (χ3n) is 2.39. The maximum Gasteiger partial charge on any atom is 0.305 e. The highest BCUT2D eigenvalue weighted by molar-refractivity contribution is 14.0. The monoisotopic (exact) mass is 393 g/mol. The van der Waals surface area contributed by atoms with Crippen molar-refractivity contribution in [2.24, 2.45) is 16.5 Å². The summed E-state index contributed by atoms with van der Waals surface area (Å²) in [7, 11) is 1.37. The number of nitrogens with zero attached hydrogens (tertiary/aromatic N) is 1. The van der Waals surface area contributed by atoms with Gasteiger partial charge in [-0.3, -0.25) is 4.79 Å². The zero-order chi connectivity index (χ0) is 14.1. The number of carbonyl (C=O) groups is 1. The van der Waals surface area contributed by atoms with Crippen LogP contribution >= 0.6 is 24.0 Å². The minimum absolute atomic E-state index is 0. The molecule has 0 aromatic heterocycles. The van der Waals surface area contributed by atoms with Crippen molar-refractivity contribution < 1.29 is 14.3 Å². The molecule has 0 atom stereocenters. The van der Waals surface area contributed by atoms with Crippen LogP contribution in [0, 0.1) is 0 Å². The van der Waals surface area contributed by atoms with Gasteiger partial charge in [0.2, 0.25) is 0 Å². The Kier molecular flexibility index (Phi) is 9.52. The Balaban J connectivity index is 0.00000361. The molecule has 0 fully saturated rings. The van der Waals surface area contributed by atoms with E-state index < -0.39 is 0 Å². The van der Waals surface area contributed by atoms with Crippen LogP contribution in [0.2, 0.25) is 0 Å². The largest absolute Gasteiger partial charge is 0.494 e. The van der Waals surface area contributed by atoms with Gasteiger partial charge in [0.05, 0.1) is 20.3 Å². The van der Waals surface area contributed by atoms with Crippen molar-refractivity contribution in [2.75, 3.05) is 13.7 Å². The second kappa shape index (κ2) is 10.3. The van der Waals surface area contributed by atoms with Crippen LogP contribution in [0.25, 0.3) is 0 Å². The quantitative estimate of drug-likeness (QED) is 0.240. The zero-order valence-corrected chi connectivity index (χ0v) is 13.7. The molecule has 0 aliphatic rings. The lowest BCUT2D eigenvalue weighted by Crippen LogP contribution is -2.22. The predicted molar refractivity (Wildman–Crippen MR) is 88.1 cm³/mol. The molecule has 0 spiro atoms. The lowest BCUT2D eigenvalue weighted by atomic mass is 10.2. The van der Waals surface area contributed by atoms with Crippen LogP contribution in [0.1, 0.15) is 18.4 Å². The van der Waals surface area contributed by atoms with Gasteiger partial charge in [-0.05, 0) is 24.1 Å². The number of nitrogens with two attached hydrogens (primary N) is 2. The van der Waals surface area contributed by atoms with E-state index in [4.69, 9.17) is 16.2 Å². The molecule has 1 aromatic rings. The lowest BCUT2D eigenvalue weighted by molar-refractivity contribution is -0.140. The smallest absolute Gasteiger partial charge is 0.305 e. The van der Waals surface area contributed by atoms with Crippen molar-refractivity contribution in [2.45, 2.75) is 19.4 Å². The molecule has 0 bridgehead atoms. The second-order valence-corrected chi connectivity index (χ2v) is 3.91. The lowest BCUT2D eigenvalue weighted by Gasteiger charge is -2.06. The van der Waals surface area contributed by atoms with E-state index in [1.54, 1.807) is 0 Å². The summed E-state index contributed by atoms with van der Waals surface area (Å²) in [6.07, 6.45) is 0.988. The third-order valence-corrected chi connectivity index (χ3v) is 2.39. The zero-order valence-electron chi connectivity index (χ0n) is 11.4. The number of methoxy groups -OCH3 is 1. The van der Waals surface area contributed by atoms with E-state index >= 15 is 0 Å². The molecule has 0 saturated heterocycles. The topological polar surface area (TPSA) is 99.9 Å². The molecule has 0 saturated carbocycles. The molecule has 0 unspecified atom stereocenters. The first kappa shape index (κ1) is 18.5. The van der Waals surface area contributed by atoms with Gasteiger partial charge in [0, 0.05) is 6.42 Å². The highest BCUT2D eigenvalue weighted by atomic mass is 127. The molecule has 6 nitrogen and oxygen atoms in total. The van der Waals surface area contributed by atoms with Crippen molar-refractivity contribution in [3.8, 4) is 5.75 Å². The average Bonchev–Trinajstić information content (AvgIpc) is 2.42. The summed E-state index contributed by atoms with van der Waals surface area (Å²) in [4.78, 5) is 14.8. The fraction of sp³-hybridized carbons (Fsp3) is 0.385. The number of rotatable bonds is 7. The first-order chi connectivity index (χ1) is 9.11. The van der Waals surface area contributed by atoms with Crippen molar-refractivity contribution in [3.63, 3.8) is 0 Å². The maximum atomic E-state index is 10.9. The molecular weight excluding hydrogens is 373 g/mol. The molecule has 1 rings (SSSR count). The molecule has 1 aromatic carbocycles. The van der Waals surface area contributed by atoms with Crippen LogP contribution in [0.5, 0.6) is 5.75 Å². The fourth-order valence-electron chi connectivity index (χ4n) is 1.38. The molecule has 4 N–H and O–H groups in total. The number of hydrogen-bond donors (Lipinski definition) is 2. The molecule has 7 heteroatoms. The van der Waals surface area contributed by atoms with Crippen LogP contribution in [0.3, 0.4) is 0 Å². The summed E-state index contributed by atoms with van der Waals surface area (Å²) in [5.74, 6) is 0.595. The molecule has 0 aliphatic carbocycles. The van der Waals surface area contributed by atoms with Crippen LogP contribution in [-0.4, -0.2) is 25.6 Å². The number of ether oxygens (including phenoxy) is 2. The van der Waals surface area contributed by atoms with Crippen LogP contribution in [0.4, 0.5) is 0 Å². The number of halogens is 1. The van der Waals surface area contributed by atoms with E-state index in [9.17, 15) is 4.79 Å². The summed E-state index contributed by atoms with van der Waals surface area (Å²) < 4.78 is 10.0. The van der Waals surface area contributed by atoms with Crippen molar-refractivity contribution in [1.29, 1.82) is 0 Å². The second-order valence-electron chi connectivity index (χ2n) is 3.91. The minimum atomic E-state index is -0.226. The Bertz CT molecular complexity index is 431. The van der Waals surface area contributed by atoms with Gasteiger partial charge < -0.3 is 20.9 Å². The van der Waals surface area contributed by atoms with E-state index in [2.05, 4.69) is 9.73 Å². The summed E-state index contributed by atoms with van der Waals surface area (Å²) in [6, 6.07) is 7.47. The Morgan fingerprint density at radius 3 is 2.45 bits per heavy atom. The van der Waals surface area contributed by atoms with E-state index in [1.807, 2.05) is 24.3 Å². The van der Waals surface area contributed by atoms with Crippen molar-refractivity contribution in [1.82, 2.24) is 0 Å². The van der Waals surface area contributed by atoms with Gasteiger partial charge in [-0.25, -0.2) is 4.99 Å². The van der Waals surface area contributed by atoms with E-state index in [1.165, 1.54) is 7.11 Å². The number of benzene rings is 1. The van der Waals surface area contributed by atoms with Gasteiger partial charge >= 0.3 is 5.97 Å². The van der Waals surface area contributed by atoms with Crippen LogP contribution in [0.15, 0.2) is 29.3 Å². The van der Waals surface area contributed by atoms with Gasteiger partial charge in [0.1, 0.15) is 5.75 Å². The Labute approximate surface area is 135 Å². The van der Waals surface area contributed by atoms with Gasteiger partial charge in [-0.2, -0.15) is 0 Å². The van der Waals surface area contributed by atoms with Gasteiger partial charge in [-0.1, -0.05) is 12.1 Å². The first-order valence-corrected chi connectivity index (χ1v) is 5.95. The average molecular weight is 393 g/mol. The maximum absolute atomic E-state index is 10.9. The standard InChI is InChI=1S/C13H19N3O3.HI/c1-18-12(17)3-2-8-19-11-6-4-10(5-7-11)9-16-13(14)15;/h4-7H,2-3,8-9H2,1H3,(H4,14,15,16);1H. The van der Waals surface area contributed by atoms with Crippen molar-refractivity contribution >= 4 is 35.9 Å². The van der Waals surface area contributed by atoms with Crippen LogP contribution in [-0.2, 0) is 16.1 Å². The molecule has 0 radical (unpaired) electrons. The fourth-order valence-corrected chi connectivity index (χ4v) is 1.38. The first-order valence-electron chi connectivity index (χ1n) is 5.95. The van der Waals surface area contributed by atoms with Gasteiger partial charge in [0.25, 0.3) is 0 Å². The van der Waals surface area contributed by atoms with E-state index in [0.29, 0.717) is 26.0 Å².